The summed E-state index contributed by atoms with van der Waals surface area (Å²) < 4.78 is 12.1. The van der Waals surface area contributed by atoms with Crippen LogP contribution < -0.4 is 10.6 Å². The molecule has 0 bridgehead atoms. The second-order valence-corrected chi connectivity index (χ2v) is 6.71. The van der Waals surface area contributed by atoms with Crippen LogP contribution in [0.5, 0.6) is 0 Å². The van der Waals surface area contributed by atoms with Crippen molar-refractivity contribution in [2.24, 2.45) is 4.99 Å². The highest BCUT2D eigenvalue weighted by Crippen LogP contribution is 2.06. The number of aliphatic imine (C=N–C) groups is 1. The minimum absolute atomic E-state index is 0. The molecule has 0 amide bonds. The van der Waals surface area contributed by atoms with Gasteiger partial charge in [-0.25, -0.2) is 0 Å². The fraction of sp³-hybridized carbons (Fsp3) is 0.278. The zero-order chi connectivity index (χ0) is 16.5. The molecule has 130 valence electrons. The van der Waals surface area contributed by atoms with Gasteiger partial charge < -0.3 is 10.6 Å². The van der Waals surface area contributed by atoms with Gasteiger partial charge in [-0.2, -0.15) is 0 Å². The van der Waals surface area contributed by atoms with Crippen molar-refractivity contribution in [2.75, 3.05) is 19.3 Å². The number of hydrogen-bond acceptors (Lipinski definition) is 2. The maximum Gasteiger partial charge on any atom is 0.191 e. The molecule has 0 heterocycles. The zero-order valence-corrected chi connectivity index (χ0v) is 17.1. The second kappa shape index (κ2) is 11.2. The molecule has 24 heavy (non-hydrogen) atoms. The van der Waals surface area contributed by atoms with Crippen LogP contribution in [0.4, 0.5) is 0 Å². The molecule has 0 saturated heterocycles. The molecule has 0 aliphatic rings. The number of nitrogens with zero attached hydrogens (tertiary/aromatic N) is 1. The number of halogens is 1. The van der Waals surface area contributed by atoms with Crippen LogP contribution in [0.2, 0.25) is 0 Å². The molecule has 2 N–H and O–H groups in total. The van der Waals surface area contributed by atoms with E-state index < -0.39 is 10.8 Å². The average molecular weight is 457 g/mol. The van der Waals surface area contributed by atoms with Crippen molar-refractivity contribution in [2.45, 2.75) is 18.4 Å². The molecule has 0 saturated carbocycles. The summed E-state index contributed by atoms with van der Waals surface area (Å²) in [5, 5.41) is 6.49. The van der Waals surface area contributed by atoms with Gasteiger partial charge in [-0.1, -0.05) is 42.5 Å². The number of guanidine groups is 1. The van der Waals surface area contributed by atoms with Crippen molar-refractivity contribution < 1.29 is 4.21 Å². The molecule has 0 aliphatic heterocycles. The van der Waals surface area contributed by atoms with Crippen LogP contribution in [-0.4, -0.2) is 29.5 Å². The standard InChI is InChI=1S/C18H23N3OS.HI/c1-15-8-6-7-9-16(15)14-21-18(19-2)20-12-13-23(22)17-10-4-3-5-11-17;/h3-11H,12-14H2,1-2H3,(H2,19,20,21);1H. The number of hydrogen-bond donors (Lipinski definition) is 2. The van der Waals surface area contributed by atoms with Crippen molar-refractivity contribution in [1.29, 1.82) is 0 Å². The first-order valence-corrected chi connectivity index (χ1v) is 8.95. The van der Waals surface area contributed by atoms with Crippen LogP contribution in [0.3, 0.4) is 0 Å². The maximum absolute atomic E-state index is 12.1. The van der Waals surface area contributed by atoms with Crippen molar-refractivity contribution in [3.05, 3.63) is 65.7 Å². The van der Waals surface area contributed by atoms with Gasteiger partial charge >= 0.3 is 0 Å². The predicted octanol–water partition coefficient (Wildman–Crippen LogP) is 3.09. The minimum atomic E-state index is -0.991. The highest BCUT2D eigenvalue weighted by molar-refractivity contribution is 14.0. The van der Waals surface area contributed by atoms with E-state index in [0.29, 0.717) is 18.8 Å². The molecule has 6 heteroatoms. The van der Waals surface area contributed by atoms with Gasteiger partial charge in [0.05, 0.1) is 10.8 Å². The first-order chi connectivity index (χ1) is 11.2. The van der Waals surface area contributed by atoms with Gasteiger partial charge in [-0.05, 0) is 30.2 Å². The Morgan fingerprint density at radius 2 is 1.71 bits per heavy atom. The molecule has 0 spiro atoms. The van der Waals surface area contributed by atoms with Crippen molar-refractivity contribution in [1.82, 2.24) is 10.6 Å². The number of rotatable bonds is 6. The lowest BCUT2D eigenvalue weighted by Gasteiger charge is -2.13. The lowest BCUT2D eigenvalue weighted by Crippen LogP contribution is -2.38. The summed E-state index contributed by atoms with van der Waals surface area (Å²) in [5.41, 5.74) is 2.49. The molecule has 0 aliphatic carbocycles. The highest BCUT2D eigenvalue weighted by Gasteiger charge is 2.04. The Bertz CT molecular complexity index is 677. The Balaban J connectivity index is 0.00000288. The van der Waals surface area contributed by atoms with E-state index >= 15 is 0 Å². The molecular formula is C18H24IN3OS. The molecule has 2 rings (SSSR count). The van der Waals surface area contributed by atoms with Gasteiger partial charge in [0.2, 0.25) is 0 Å². The van der Waals surface area contributed by atoms with E-state index in [0.717, 1.165) is 10.9 Å². The largest absolute Gasteiger partial charge is 0.355 e. The van der Waals surface area contributed by atoms with Gasteiger partial charge in [0.15, 0.2) is 5.96 Å². The van der Waals surface area contributed by atoms with Gasteiger partial charge in [-0.3, -0.25) is 9.20 Å². The monoisotopic (exact) mass is 457 g/mol. The Labute approximate surface area is 163 Å². The molecule has 2 aromatic carbocycles. The van der Waals surface area contributed by atoms with Gasteiger partial charge in [-0.15, -0.1) is 24.0 Å². The SMILES string of the molecule is CN=C(NCCS(=O)c1ccccc1)NCc1ccccc1C.I. The number of nitrogens with one attached hydrogen (secondary N) is 2. The van der Waals surface area contributed by atoms with E-state index in [2.05, 4.69) is 34.7 Å². The van der Waals surface area contributed by atoms with Crippen molar-refractivity contribution in [3.63, 3.8) is 0 Å². The van der Waals surface area contributed by atoms with Gasteiger partial charge in [0.25, 0.3) is 0 Å². The van der Waals surface area contributed by atoms with E-state index in [9.17, 15) is 4.21 Å². The molecule has 0 radical (unpaired) electrons. The molecule has 1 unspecified atom stereocenters. The Hall–Kier alpha value is -1.41. The fourth-order valence-corrected chi connectivity index (χ4v) is 3.14. The first-order valence-electron chi connectivity index (χ1n) is 7.63. The molecular weight excluding hydrogens is 433 g/mol. The second-order valence-electron chi connectivity index (χ2n) is 5.14. The van der Waals surface area contributed by atoms with E-state index in [1.807, 2.05) is 42.5 Å². The first kappa shape index (κ1) is 20.6. The highest BCUT2D eigenvalue weighted by atomic mass is 127. The minimum Gasteiger partial charge on any atom is -0.355 e. The van der Waals surface area contributed by atoms with Crippen LogP contribution >= 0.6 is 24.0 Å². The average Bonchev–Trinajstić information content (AvgIpc) is 2.59. The lowest BCUT2D eigenvalue weighted by molar-refractivity contribution is 0.681. The Morgan fingerprint density at radius 3 is 2.38 bits per heavy atom. The van der Waals surface area contributed by atoms with Crippen molar-refractivity contribution >= 4 is 40.7 Å². The molecule has 2 aromatic rings. The summed E-state index contributed by atoms with van der Waals surface area (Å²) in [6, 6.07) is 17.8. The van der Waals surface area contributed by atoms with Crippen LogP contribution in [0.15, 0.2) is 64.5 Å². The van der Waals surface area contributed by atoms with Crippen LogP contribution in [0.1, 0.15) is 11.1 Å². The van der Waals surface area contributed by atoms with E-state index in [1.165, 1.54) is 11.1 Å². The Kier molecular flexibility index (Phi) is 9.63. The number of benzene rings is 2. The van der Waals surface area contributed by atoms with E-state index in [4.69, 9.17) is 0 Å². The summed E-state index contributed by atoms with van der Waals surface area (Å²) in [6.07, 6.45) is 0. The zero-order valence-electron chi connectivity index (χ0n) is 14.0. The normalized spacial score (nSPS) is 12.2. The fourth-order valence-electron chi connectivity index (χ4n) is 2.16. The third-order valence-corrected chi connectivity index (χ3v) is 4.89. The molecule has 1 atom stereocenters. The quantitative estimate of drug-likeness (QED) is 0.398. The molecule has 4 nitrogen and oxygen atoms in total. The summed E-state index contributed by atoms with van der Waals surface area (Å²) >= 11 is 0. The van der Waals surface area contributed by atoms with Gasteiger partial charge in [0.1, 0.15) is 0 Å². The summed E-state index contributed by atoms with van der Waals surface area (Å²) in [7, 11) is 0.747. The smallest absolute Gasteiger partial charge is 0.191 e. The summed E-state index contributed by atoms with van der Waals surface area (Å²) in [6.45, 7) is 3.42. The third-order valence-electron chi connectivity index (χ3n) is 3.52. The molecule has 0 aromatic heterocycles. The van der Waals surface area contributed by atoms with Crippen molar-refractivity contribution in [3.8, 4) is 0 Å². The van der Waals surface area contributed by atoms with Crippen LogP contribution in [0, 0.1) is 6.92 Å². The Morgan fingerprint density at radius 1 is 1.04 bits per heavy atom. The maximum atomic E-state index is 12.1. The van der Waals surface area contributed by atoms with E-state index in [1.54, 1.807) is 7.05 Å². The molecule has 0 fully saturated rings. The number of aryl methyl sites for hydroxylation is 1. The third kappa shape index (κ3) is 6.60. The lowest BCUT2D eigenvalue weighted by atomic mass is 10.1. The van der Waals surface area contributed by atoms with Crippen LogP contribution in [-0.2, 0) is 17.3 Å². The van der Waals surface area contributed by atoms with Crippen LogP contribution in [0.25, 0.3) is 0 Å². The van der Waals surface area contributed by atoms with E-state index in [-0.39, 0.29) is 24.0 Å². The summed E-state index contributed by atoms with van der Waals surface area (Å²) in [5.74, 6) is 1.27. The topological polar surface area (TPSA) is 53.5 Å². The predicted molar refractivity (Wildman–Crippen MR) is 113 cm³/mol. The van der Waals surface area contributed by atoms with Gasteiger partial charge in [0, 0.05) is 30.8 Å². The summed E-state index contributed by atoms with van der Waals surface area (Å²) in [4.78, 5) is 5.06.